The van der Waals surface area contributed by atoms with Crippen LogP contribution in [0.15, 0.2) is 22.7 Å². The minimum absolute atomic E-state index is 0.0170. The Hall–Kier alpha value is -0.540. The molecule has 0 saturated heterocycles. The summed E-state index contributed by atoms with van der Waals surface area (Å²) in [5.41, 5.74) is 0.276. The maximum Gasteiger partial charge on any atom is 0.252 e. The predicted octanol–water partition coefficient (Wildman–Crippen LogP) is 2.53. The Morgan fingerprint density at radius 2 is 2.09 bits per heavy atom. The zero-order valence-electron chi connectivity index (χ0n) is 5.34. The number of halogens is 2. The summed E-state index contributed by atoms with van der Waals surface area (Å²) in [4.78, 5) is 10.6. The lowest BCUT2D eigenvalue weighted by Gasteiger charge is -1.96. The van der Waals surface area contributed by atoms with Crippen molar-refractivity contribution in [2.75, 3.05) is 0 Å². The van der Waals surface area contributed by atoms with Crippen LogP contribution in [0.25, 0.3) is 0 Å². The van der Waals surface area contributed by atoms with Crippen LogP contribution in [0.3, 0.4) is 0 Å². The number of carbonyl (C=O) groups is 1. The van der Waals surface area contributed by atoms with E-state index < -0.39 is 5.24 Å². The summed E-state index contributed by atoms with van der Waals surface area (Å²) in [6, 6.07) is 4.32. The van der Waals surface area contributed by atoms with Crippen molar-refractivity contribution in [3.05, 3.63) is 28.2 Å². The molecule has 0 spiro atoms. The molecule has 0 bridgehead atoms. The van der Waals surface area contributed by atoms with Crippen molar-refractivity contribution >= 4 is 32.8 Å². The first-order chi connectivity index (χ1) is 5.09. The van der Waals surface area contributed by atoms with Gasteiger partial charge in [-0.3, -0.25) is 4.79 Å². The summed E-state index contributed by atoms with van der Waals surface area (Å²) >= 11 is 8.29. The third-order valence-corrected chi connectivity index (χ3v) is 1.79. The summed E-state index contributed by atoms with van der Waals surface area (Å²) in [5.74, 6) is 0.0170. The quantitative estimate of drug-likeness (QED) is 0.760. The number of aromatic hydroxyl groups is 1. The second kappa shape index (κ2) is 3.24. The van der Waals surface area contributed by atoms with Crippen molar-refractivity contribution in [2.24, 2.45) is 0 Å². The topological polar surface area (TPSA) is 37.3 Å². The third-order valence-electron chi connectivity index (χ3n) is 1.11. The van der Waals surface area contributed by atoms with Crippen LogP contribution in [0.1, 0.15) is 10.4 Å². The molecule has 0 aliphatic carbocycles. The van der Waals surface area contributed by atoms with Gasteiger partial charge >= 0.3 is 0 Å². The molecule has 1 N–H and O–H groups in total. The normalized spacial score (nSPS) is 9.64. The summed E-state index contributed by atoms with van der Waals surface area (Å²) < 4.78 is 0.626. The van der Waals surface area contributed by atoms with Crippen molar-refractivity contribution in [1.82, 2.24) is 0 Å². The van der Waals surface area contributed by atoms with Gasteiger partial charge in [-0.05, 0) is 29.8 Å². The Balaban J connectivity index is 3.19. The van der Waals surface area contributed by atoms with Crippen LogP contribution in [-0.4, -0.2) is 10.3 Å². The Labute approximate surface area is 76.9 Å². The van der Waals surface area contributed by atoms with Crippen LogP contribution in [0.2, 0.25) is 0 Å². The lowest BCUT2D eigenvalue weighted by Crippen LogP contribution is -1.87. The van der Waals surface area contributed by atoms with Gasteiger partial charge in [0, 0.05) is 10.0 Å². The fourth-order valence-electron chi connectivity index (χ4n) is 0.688. The summed E-state index contributed by atoms with van der Waals surface area (Å²) in [7, 11) is 0. The highest BCUT2D eigenvalue weighted by Crippen LogP contribution is 2.20. The van der Waals surface area contributed by atoms with E-state index in [2.05, 4.69) is 15.9 Å². The van der Waals surface area contributed by atoms with Crippen molar-refractivity contribution in [2.45, 2.75) is 0 Å². The van der Waals surface area contributed by atoms with Crippen LogP contribution in [0.4, 0.5) is 0 Å². The lowest BCUT2D eigenvalue weighted by atomic mass is 10.2. The highest BCUT2D eigenvalue weighted by molar-refractivity contribution is 9.10. The molecule has 0 heterocycles. The molecule has 1 aromatic rings. The molecule has 58 valence electrons. The maximum absolute atomic E-state index is 10.6. The highest BCUT2D eigenvalue weighted by atomic mass is 79.9. The maximum atomic E-state index is 10.6. The van der Waals surface area contributed by atoms with Gasteiger partial charge in [-0.1, -0.05) is 15.9 Å². The molecule has 0 atom stereocenters. The number of benzene rings is 1. The fraction of sp³-hybridized carbons (Fsp3) is 0. The molecule has 0 saturated carbocycles. The standard InChI is InChI=1S/C7H4BrClO2/c8-5-1-4(7(9)11)2-6(10)3-5/h1-3,10H. The third kappa shape index (κ3) is 2.20. The molecule has 1 aromatic carbocycles. The van der Waals surface area contributed by atoms with E-state index in [0.717, 1.165) is 0 Å². The monoisotopic (exact) mass is 234 g/mol. The molecule has 0 unspecified atom stereocenters. The second-order valence-electron chi connectivity index (χ2n) is 1.97. The molecule has 2 nitrogen and oxygen atoms in total. The Kier molecular flexibility index (Phi) is 2.52. The van der Waals surface area contributed by atoms with Crippen LogP contribution in [-0.2, 0) is 0 Å². The molecule has 4 heteroatoms. The van der Waals surface area contributed by atoms with E-state index in [4.69, 9.17) is 16.7 Å². The molecule has 0 aromatic heterocycles. The number of rotatable bonds is 1. The van der Waals surface area contributed by atoms with Gasteiger partial charge < -0.3 is 5.11 Å². The molecule has 11 heavy (non-hydrogen) atoms. The number of carbonyl (C=O) groups excluding carboxylic acids is 1. The fourth-order valence-corrected chi connectivity index (χ4v) is 1.28. The van der Waals surface area contributed by atoms with Crippen molar-refractivity contribution < 1.29 is 9.90 Å². The Morgan fingerprint density at radius 1 is 1.45 bits per heavy atom. The lowest BCUT2D eigenvalue weighted by molar-refractivity contribution is 0.108. The Bertz CT molecular complexity index is 278. The molecule has 0 aliphatic heterocycles. The highest BCUT2D eigenvalue weighted by Gasteiger charge is 2.03. The minimum atomic E-state index is -0.582. The summed E-state index contributed by atoms with van der Waals surface area (Å²) in [5, 5.41) is 8.42. The minimum Gasteiger partial charge on any atom is -0.508 e. The zero-order valence-corrected chi connectivity index (χ0v) is 7.69. The molecule has 1 rings (SSSR count). The van der Waals surface area contributed by atoms with Gasteiger partial charge in [-0.25, -0.2) is 0 Å². The largest absolute Gasteiger partial charge is 0.508 e. The number of phenols is 1. The molecule has 0 aliphatic rings. The van der Waals surface area contributed by atoms with Gasteiger partial charge in [0.15, 0.2) is 0 Å². The first-order valence-electron chi connectivity index (χ1n) is 2.79. The van der Waals surface area contributed by atoms with Crippen molar-refractivity contribution in [1.29, 1.82) is 0 Å². The van der Waals surface area contributed by atoms with Gasteiger partial charge in [0.05, 0.1) is 0 Å². The van der Waals surface area contributed by atoms with Crippen LogP contribution in [0, 0.1) is 0 Å². The average molecular weight is 235 g/mol. The zero-order chi connectivity index (χ0) is 8.43. The summed E-state index contributed by atoms with van der Waals surface area (Å²) in [6.07, 6.45) is 0. The van der Waals surface area contributed by atoms with E-state index >= 15 is 0 Å². The second-order valence-corrected chi connectivity index (χ2v) is 3.23. The van der Waals surface area contributed by atoms with Crippen molar-refractivity contribution in [3.63, 3.8) is 0 Å². The van der Waals surface area contributed by atoms with E-state index in [-0.39, 0.29) is 11.3 Å². The van der Waals surface area contributed by atoms with E-state index in [1.54, 1.807) is 0 Å². The van der Waals surface area contributed by atoms with Gasteiger partial charge in [0.25, 0.3) is 5.24 Å². The van der Waals surface area contributed by atoms with Gasteiger partial charge in [-0.15, -0.1) is 0 Å². The van der Waals surface area contributed by atoms with Crippen LogP contribution >= 0.6 is 27.5 Å². The first kappa shape index (κ1) is 8.56. The average Bonchev–Trinajstić information content (AvgIpc) is 1.85. The van der Waals surface area contributed by atoms with E-state index in [0.29, 0.717) is 4.47 Å². The van der Waals surface area contributed by atoms with Gasteiger partial charge in [-0.2, -0.15) is 0 Å². The first-order valence-corrected chi connectivity index (χ1v) is 3.96. The molecular weight excluding hydrogens is 231 g/mol. The van der Waals surface area contributed by atoms with E-state index in [1.807, 2.05) is 0 Å². The predicted molar refractivity (Wildman–Crippen MR) is 46.0 cm³/mol. The van der Waals surface area contributed by atoms with Crippen LogP contribution < -0.4 is 0 Å². The molecular formula is C7H4BrClO2. The smallest absolute Gasteiger partial charge is 0.252 e. The van der Waals surface area contributed by atoms with E-state index in [9.17, 15) is 4.79 Å². The molecule has 0 amide bonds. The van der Waals surface area contributed by atoms with Crippen LogP contribution in [0.5, 0.6) is 5.75 Å². The Morgan fingerprint density at radius 3 is 2.55 bits per heavy atom. The van der Waals surface area contributed by atoms with E-state index in [1.165, 1.54) is 18.2 Å². The number of hydrogen-bond acceptors (Lipinski definition) is 2. The van der Waals surface area contributed by atoms with Gasteiger partial charge in [0.2, 0.25) is 0 Å². The molecule has 0 radical (unpaired) electrons. The number of hydrogen-bond donors (Lipinski definition) is 1. The molecule has 0 fully saturated rings. The number of phenolic OH excluding ortho intramolecular Hbond substituents is 1. The SMILES string of the molecule is O=C(Cl)c1cc(O)cc(Br)c1. The van der Waals surface area contributed by atoms with Gasteiger partial charge in [0.1, 0.15) is 5.75 Å². The summed E-state index contributed by atoms with van der Waals surface area (Å²) in [6.45, 7) is 0. The van der Waals surface area contributed by atoms with Crippen molar-refractivity contribution in [3.8, 4) is 5.75 Å².